The van der Waals surface area contributed by atoms with Crippen molar-refractivity contribution in [3.05, 3.63) is 48.4 Å². The lowest BCUT2D eigenvalue weighted by Crippen LogP contribution is -2.30. The van der Waals surface area contributed by atoms with Crippen molar-refractivity contribution in [1.82, 2.24) is 4.98 Å². The van der Waals surface area contributed by atoms with E-state index in [-0.39, 0.29) is 5.91 Å². The Morgan fingerprint density at radius 1 is 1.20 bits per heavy atom. The number of rotatable bonds is 6. The Kier molecular flexibility index (Phi) is 4.88. The van der Waals surface area contributed by atoms with Crippen molar-refractivity contribution in [2.45, 2.75) is 26.4 Å². The number of nitrogens with one attached hydrogen (secondary N) is 1. The number of fused-ring (bicyclic) bond motifs is 1. The highest BCUT2D eigenvalue weighted by molar-refractivity contribution is 5.95. The molecule has 0 radical (unpaired) electrons. The summed E-state index contributed by atoms with van der Waals surface area (Å²) in [5.74, 6) is 1.77. The van der Waals surface area contributed by atoms with Crippen molar-refractivity contribution >= 4 is 22.7 Å². The highest BCUT2D eigenvalue weighted by Crippen LogP contribution is 2.21. The molecule has 3 rings (SSSR count). The first-order valence-electron chi connectivity index (χ1n) is 8.10. The molecule has 0 aliphatic rings. The number of anilines is 1. The molecule has 1 amide bonds. The maximum atomic E-state index is 12.3. The van der Waals surface area contributed by atoms with E-state index in [0.29, 0.717) is 22.9 Å². The number of amides is 1. The van der Waals surface area contributed by atoms with E-state index in [0.717, 1.165) is 17.7 Å². The van der Waals surface area contributed by atoms with Crippen LogP contribution < -0.4 is 14.8 Å². The van der Waals surface area contributed by atoms with Crippen LogP contribution in [0.25, 0.3) is 11.1 Å². The van der Waals surface area contributed by atoms with E-state index in [1.807, 2.05) is 6.92 Å². The smallest absolute Gasteiger partial charge is 0.265 e. The van der Waals surface area contributed by atoms with Crippen LogP contribution in [-0.4, -0.2) is 24.1 Å². The summed E-state index contributed by atoms with van der Waals surface area (Å²) in [7, 11) is 1.60. The third-order valence-electron chi connectivity index (χ3n) is 3.74. The highest BCUT2D eigenvalue weighted by Gasteiger charge is 2.15. The molecule has 130 valence electrons. The van der Waals surface area contributed by atoms with Gasteiger partial charge in [0, 0.05) is 12.1 Å². The molecule has 0 spiro atoms. The summed E-state index contributed by atoms with van der Waals surface area (Å²) >= 11 is 0. The summed E-state index contributed by atoms with van der Waals surface area (Å²) in [5.41, 5.74) is 2.08. The molecule has 1 N–H and O–H groups in total. The molecule has 6 nitrogen and oxygen atoms in total. The fourth-order valence-electron chi connectivity index (χ4n) is 2.36. The molecule has 0 fully saturated rings. The Hall–Kier alpha value is -3.02. The van der Waals surface area contributed by atoms with E-state index < -0.39 is 6.10 Å². The number of oxazole rings is 1. The van der Waals surface area contributed by atoms with Gasteiger partial charge in [0.05, 0.1) is 7.11 Å². The minimum atomic E-state index is -0.646. The third-order valence-corrected chi connectivity index (χ3v) is 3.74. The summed E-state index contributed by atoms with van der Waals surface area (Å²) in [6.45, 7) is 3.68. The molecule has 25 heavy (non-hydrogen) atoms. The SMILES string of the molecule is CCc1nc2cc(NC(=O)C(C)Oc3ccc(OC)cc3)ccc2o1. The van der Waals surface area contributed by atoms with E-state index in [1.54, 1.807) is 56.5 Å². The minimum absolute atomic E-state index is 0.241. The van der Waals surface area contributed by atoms with E-state index in [1.165, 1.54) is 0 Å². The number of aryl methyl sites for hydroxylation is 1. The molecule has 6 heteroatoms. The number of hydrogen-bond acceptors (Lipinski definition) is 5. The molecule has 2 aromatic carbocycles. The van der Waals surface area contributed by atoms with Gasteiger partial charge < -0.3 is 19.2 Å². The van der Waals surface area contributed by atoms with Crippen molar-refractivity contribution in [3.63, 3.8) is 0 Å². The molecular weight excluding hydrogens is 320 g/mol. The monoisotopic (exact) mass is 340 g/mol. The maximum absolute atomic E-state index is 12.3. The number of benzene rings is 2. The summed E-state index contributed by atoms with van der Waals surface area (Å²) in [6.07, 6.45) is 0.0796. The molecule has 0 aliphatic heterocycles. The number of carbonyl (C=O) groups is 1. The summed E-state index contributed by atoms with van der Waals surface area (Å²) in [4.78, 5) is 16.7. The van der Waals surface area contributed by atoms with Crippen LogP contribution in [0.5, 0.6) is 11.5 Å². The third kappa shape index (κ3) is 3.91. The second-order valence-corrected chi connectivity index (χ2v) is 5.57. The maximum Gasteiger partial charge on any atom is 0.265 e. The first-order chi connectivity index (χ1) is 12.1. The Morgan fingerprint density at radius 3 is 2.60 bits per heavy atom. The van der Waals surface area contributed by atoms with E-state index in [9.17, 15) is 4.79 Å². The van der Waals surface area contributed by atoms with Crippen LogP contribution in [-0.2, 0) is 11.2 Å². The fourth-order valence-corrected chi connectivity index (χ4v) is 2.36. The molecule has 0 bridgehead atoms. The molecule has 0 saturated carbocycles. The van der Waals surface area contributed by atoms with Gasteiger partial charge in [0.15, 0.2) is 17.6 Å². The lowest BCUT2D eigenvalue weighted by Gasteiger charge is -2.15. The van der Waals surface area contributed by atoms with E-state index in [2.05, 4.69) is 10.3 Å². The zero-order valence-corrected chi connectivity index (χ0v) is 14.4. The fraction of sp³-hybridized carbons (Fsp3) is 0.263. The van der Waals surface area contributed by atoms with Crippen LogP contribution in [0.3, 0.4) is 0 Å². The van der Waals surface area contributed by atoms with Gasteiger partial charge in [-0.25, -0.2) is 4.98 Å². The van der Waals surface area contributed by atoms with Gasteiger partial charge in [-0.3, -0.25) is 4.79 Å². The summed E-state index contributed by atoms with van der Waals surface area (Å²) in [5, 5.41) is 2.83. The number of aromatic nitrogens is 1. The van der Waals surface area contributed by atoms with Gasteiger partial charge in [-0.2, -0.15) is 0 Å². The summed E-state index contributed by atoms with van der Waals surface area (Å²) < 4.78 is 16.3. The largest absolute Gasteiger partial charge is 0.497 e. The van der Waals surface area contributed by atoms with Crippen molar-refractivity contribution in [3.8, 4) is 11.5 Å². The van der Waals surface area contributed by atoms with Crippen molar-refractivity contribution < 1.29 is 18.7 Å². The quantitative estimate of drug-likeness (QED) is 0.739. The van der Waals surface area contributed by atoms with Gasteiger partial charge in [0.2, 0.25) is 0 Å². The van der Waals surface area contributed by atoms with Gasteiger partial charge >= 0.3 is 0 Å². The van der Waals surface area contributed by atoms with Gasteiger partial charge in [0.25, 0.3) is 5.91 Å². The van der Waals surface area contributed by atoms with Crippen molar-refractivity contribution in [2.75, 3.05) is 12.4 Å². The molecule has 0 saturated heterocycles. The topological polar surface area (TPSA) is 73.6 Å². The van der Waals surface area contributed by atoms with Crippen molar-refractivity contribution in [2.24, 2.45) is 0 Å². The number of nitrogens with zero attached hydrogens (tertiary/aromatic N) is 1. The van der Waals surface area contributed by atoms with E-state index >= 15 is 0 Å². The number of carbonyl (C=O) groups excluding carboxylic acids is 1. The van der Waals surface area contributed by atoms with Crippen LogP contribution in [0.15, 0.2) is 46.9 Å². The van der Waals surface area contributed by atoms with Crippen LogP contribution >= 0.6 is 0 Å². The predicted molar refractivity (Wildman–Crippen MR) is 95.1 cm³/mol. The molecule has 1 atom stereocenters. The van der Waals surface area contributed by atoms with Crippen LogP contribution in [0, 0.1) is 0 Å². The highest BCUT2D eigenvalue weighted by atomic mass is 16.5. The molecule has 0 aliphatic carbocycles. The van der Waals surface area contributed by atoms with E-state index in [4.69, 9.17) is 13.9 Å². The second kappa shape index (κ2) is 7.25. The Balaban J connectivity index is 1.65. The van der Waals surface area contributed by atoms with Gasteiger partial charge in [-0.05, 0) is 49.4 Å². The van der Waals surface area contributed by atoms with Crippen molar-refractivity contribution in [1.29, 1.82) is 0 Å². The number of methoxy groups -OCH3 is 1. The molecule has 1 unspecified atom stereocenters. The summed E-state index contributed by atoms with van der Waals surface area (Å²) in [6, 6.07) is 12.5. The van der Waals surface area contributed by atoms with Crippen LogP contribution in [0.2, 0.25) is 0 Å². The number of hydrogen-bond donors (Lipinski definition) is 1. The average molecular weight is 340 g/mol. The standard InChI is InChI=1S/C19H20N2O4/c1-4-18-21-16-11-13(5-10-17(16)25-18)20-19(22)12(2)24-15-8-6-14(23-3)7-9-15/h5-12H,4H2,1-3H3,(H,20,22). The average Bonchev–Trinajstić information content (AvgIpc) is 3.04. The molecular formula is C19H20N2O4. The van der Waals surface area contributed by atoms with Gasteiger partial charge in [-0.15, -0.1) is 0 Å². The van der Waals surface area contributed by atoms with Crippen LogP contribution in [0.4, 0.5) is 5.69 Å². The molecule has 3 aromatic rings. The molecule has 1 aromatic heterocycles. The second-order valence-electron chi connectivity index (χ2n) is 5.57. The zero-order chi connectivity index (χ0) is 17.8. The van der Waals surface area contributed by atoms with Gasteiger partial charge in [-0.1, -0.05) is 6.92 Å². The Labute approximate surface area is 145 Å². The van der Waals surface area contributed by atoms with Gasteiger partial charge in [0.1, 0.15) is 17.0 Å². The molecule has 1 heterocycles. The predicted octanol–water partition coefficient (Wildman–Crippen LogP) is 3.80. The minimum Gasteiger partial charge on any atom is -0.497 e. The number of ether oxygens (including phenoxy) is 2. The lowest BCUT2D eigenvalue weighted by atomic mass is 10.2. The zero-order valence-electron chi connectivity index (χ0n) is 14.4. The lowest BCUT2D eigenvalue weighted by molar-refractivity contribution is -0.122. The Bertz CT molecular complexity index is 871. The first kappa shape index (κ1) is 16.8. The Morgan fingerprint density at radius 2 is 1.92 bits per heavy atom. The van der Waals surface area contributed by atoms with Crippen LogP contribution in [0.1, 0.15) is 19.7 Å². The normalized spacial score (nSPS) is 12.0. The first-order valence-corrected chi connectivity index (χ1v) is 8.10.